The van der Waals surface area contributed by atoms with Crippen molar-refractivity contribution in [3.8, 4) is 5.75 Å². The molecule has 0 aliphatic rings. The number of nitrogens with zero attached hydrogens (tertiary/aromatic N) is 2. The number of aromatic hydroxyl groups is 1. The van der Waals surface area contributed by atoms with Gasteiger partial charge in [0.15, 0.2) is 0 Å². The van der Waals surface area contributed by atoms with E-state index in [4.69, 9.17) is 0 Å². The van der Waals surface area contributed by atoms with Gasteiger partial charge in [-0.15, -0.1) is 0 Å². The van der Waals surface area contributed by atoms with Crippen LogP contribution in [-0.2, 0) is 19.2 Å². The molecule has 0 aliphatic heterocycles. The van der Waals surface area contributed by atoms with E-state index in [0.29, 0.717) is 18.8 Å². The number of hydrogen-bond acceptors (Lipinski definition) is 4. The summed E-state index contributed by atoms with van der Waals surface area (Å²) < 4.78 is 1.66. The van der Waals surface area contributed by atoms with Gasteiger partial charge in [-0.2, -0.15) is 5.10 Å². The molecule has 0 aliphatic carbocycles. The van der Waals surface area contributed by atoms with Gasteiger partial charge >= 0.3 is 0 Å². The number of phenols is 1. The van der Waals surface area contributed by atoms with Gasteiger partial charge < -0.3 is 15.5 Å². The molecule has 5 heteroatoms. The second-order valence-electron chi connectivity index (χ2n) is 5.36. The highest BCUT2D eigenvalue weighted by atomic mass is 16.3. The summed E-state index contributed by atoms with van der Waals surface area (Å²) in [7, 11) is 1.82. The average molecular weight is 275 g/mol. The Balaban J connectivity index is 1.97. The average Bonchev–Trinajstić information content (AvgIpc) is 2.82. The highest BCUT2D eigenvalue weighted by Gasteiger charge is 2.24. The van der Waals surface area contributed by atoms with Gasteiger partial charge in [-0.3, -0.25) is 4.68 Å². The first-order valence-corrected chi connectivity index (χ1v) is 6.60. The lowest BCUT2D eigenvalue weighted by Crippen LogP contribution is -2.34. The Morgan fingerprint density at radius 3 is 2.80 bits per heavy atom. The molecule has 2 aromatic rings. The van der Waals surface area contributed by atoms with E-state index in [1.54, 1.807) is 24.0 Å². The molecule has 0 fully saturated rings. The molecule has 1 aromatic carbocycles. The maximum Gasteiger partial charge on any atom is 0.122 e. The van der Waals surface area contributed by atoms with Crippen molar-refractivity contribution < 1.29 is 10.2 Å². The normalized spacial score (nSPS) is 14.2. The van der Waals surface area contributed by atoms with Crippen LogP contribution in [-0.4, -0.2) is 26.5 Å². The Labute approximate surface area is 118 Å². The third-order valence-electron chi connectivity index (χ3n) is 3.43. The Morgan fingerprint density at radius 2 is 2.15 bits per heavy atom. The topological polar surface area (TPSA) is 70.3 Å². The molecule has 1 atom stereocenters. The van der Waals surface area contributed by atoms with Crippen LogP contribution in [0.15, 0.2) is 30.6 Å². The van der Waals surface area contributed by atoms with E-state index in [0.717, 1.165) is 16.7 Å². The Morgan fingerprint density at radius 1 is 1.40 bits per heavy atom. The summed E-state index contributed by atoms with van der Waals surface area (Å²) in [5, 5.41) is 27.6. The lowest BCUT2D eigenvalue weighted by molar-refractivity contribution is 0.0565. The van der Waals surface area contributed by atoms with Gasteiger partial charge in [-0.05, 0) is 19.4 Å². The van der Waals surface area contributed by atoms with Crippen molar-refractivity contribution in [2.45, 2.75) is 26.0 Å². The van der Waals surface area contributed by atoms with E-state index >= 15 is 0 Å². The zero-order valence-corrected chi connectivity index (χ0v) is 12.1. The SMILES string of the molecule is Cc1cccc(CNCC(C)(O)c2cnn(C)c2)c1O. The third kappa shape index (κ3) is 3.18. The van der Waals surface area contributed by atoms with E-state index in [-0.39, 0.29) is 0 Å². The van der Waals surface area contributed by atoms with Gasteiger partial charge in [0, 0.05) is 37.5 Å². The quantitative estimate of drug-likeness (QED) is 0.772. The fourth-order valence-electron chi connectivity index (χ4n) is 2.10. The number of aromatic nitrogens is 2. The summed E-state index contributed by atoms with van der Waals surface area (Å²) in [6.45, 7) is 4.49. The molecule has 108 valence electrons. The summed E-state index contributed by atoms with van der Waals surface area (Å²) >= 11 is 0. The number of phenolic OH excluding ortho intramolecular Hbond substituents is 1. The van der Waals surface area contributed by atoms with Crippen LogP contribution in [0.3, 0.4) is 0 Å². The number of aryl methyl sites for hydroxylation is 2. The minimum absolute atomic E-state index is 0.307. The van der Waals surface area contributed by atoms with Gasteiger partial charge in [-0.25, -0.2) is 0 Å². The fraction of sp³-hybridized carbons (Fsp3) is 0.400. The van der Waals surface area contributed by atoms with Crippen LogP contribution in [0, 0.1) is 6.92 Å². The Bertz CT molecular complexity index is 591. The van der Waals surface area contributed by atoms with E-state index in [9.17, 15) is 10.2 Å². The number of benzene rings is 1. The van der Waals surface area contributed by atoms with Gasteiger partial charge in [0.1, 0.15) is 11.4 Å². The standard InChI is InChI=1S/C15H21N3O2/c1-11-5-4-6-12(14(11)19)7-16-10-15(2,20)13-8-17-18(3)9-13/h4-6,8-9,16,19-20H,7,10H2,1-3H3. The van der Waals surface area contributed by atoms with E-state index in [1.165, 1.54) is 0 Å². The van der Waals surface area contributed by atoms with E-state index < -0.39 is 5.60 Å². The highest BCUT2D eigenvalue weighted by molar-refractivity contribution is 5.39. The van der Waals surface area contributed by atoms with Crippen molar-refractivity contribution in [2.24, 2.45) is 7.05 Å². The van der Waals surface area contributed by atoms with Crippen molar-refractivity contribution in [3.05, 3.63) is 47.3 Å². The first-order valence-electron chi connectivity index (χ1n) is 6.60. The molecule has 2 rings (SSSR count). The predicted molar refractivity (Wildman–Crippen MR) is 77.3 cm³/mol. The maximum atomic E-state index is 10.4. The summed E-state index contributed by atoms with van der Waals surface area (Å²) in [6.07, 6.45) is 3.46. The predicted octanol–water partition coefficient (Wildman–Crippen LogP) is 1.43. The zero-order chi connectivity index (χ0) is 14.8. The van der Waals surface area contributed by atoms with Crippen LogP contribution in [0.25, 0.3) is 0 Å². The van der Waals surface area contributed by atoms with Crippen LogP contribution < -0.4 is 5.32 Å². The van der Waals surface area contributed by atoms with Crippen LogP contribution in [0.4, 0.5) is 0 Å². The first kappa shape index (κ1) is 14.6. The number of nitrogens with one attached hydrogen (secondary N) is 1. The lowest BCUT2D eigenvalue weighted by atomic mass is 9.99. The molecule has 0 saturated heterocycles. The van der Waals surface area contributed by atoms with Crippen molar-refractivity contribution in [2.75, 3.05) is 6.54 Å². The Kier molecular flexibility index (Phi) is 4.11. The molecular weight excluding hydrogens is 254 g/mol. The molecule has 0 bridgehead atoms. The number of para-hydroxylation sites is 1. The fourth-order valence-corrected chi connectivity index (χ4v) is 2.10. The summed E-state index contributed by atoms with van der Waals surface area (Å²) in [5.74, 6) is 0.307. The van der Waals surface area contributed by atoms with Crippen molar-refractivity contribution >= 4 is 0 Å². The maximum absolute atomic E-state index is 10.4. The molecule has 1 aromatic heterocycles. The largest absolute Gasteiger partial charge is 0.507 e. The third-order valence-corrected chi connectivity index (χ3v) is 3.43. The van der Waals surface area contributed by atoms with Crippen LogP contribution in [0.5, 0.6) is 5.75 Å². The van der Waals surface area contributed by atoms with Crippen LogP contribution in [0.2, 0.25) is 0 Å². The van der Waals surface area contributed by atoms with Crippen molar-refractivity contribution in [1.82, 2.24) is 15.1 Å². The molecule has 1 unspecified atom stereocenters. The summed E-state index contributed by atoms with van der Waals surface area (Å²) in [4.78, 5) is 0. The second kappa shape index (κ2) is 5.64. The minimum Gasteiger partial charge on any atom is -0.507 e. The Hall–Kier alpha value is -1.85. The highest BCUT2D eigenvalue weighted by Crippen LogP contribution is 2.22. The first-order chi connectivity index (χ1) is 9.40. The molecule has 0 radical (unpaired) electrons. The van der Waals surface area contributed by atoms with Gasteiger partial charge in [0.25, 0.3) is 0 Å². The van der Waals surface area contributed by atoms with Gasteiger partial charge in [-0.1, -0.05) is 18.2 Å². The molecule has 0 saturated carbocycles. The van der Waals surface area contributed by atoms with Gasteiger partial charge in [0.05, 0.1) is 6.20 Å². The molecule has 20 heavy (non-hydrogen) atoms. The summed E-state index contributed by atoms with van der Waals surface area (Å²) in [5.41, 5.74) is 1.45. The smallest absolute Gasteiger partial charge is 0.122 e. The molecular formula is C15H21N3O2. The monoisotopic (exact) mass is 275 g/mol. The van der Waals surface area contributed by atoms with E-state index in [2.05, 4.69) is 10.4 Å². The number of rotatable bonds is 5. The van der Waals surface area contributed by atoms with Gasteiger partial charge in [0.2, 0.25) is 0 Å². The number of aliphatic hydroxyl groups is 1. The van der Waals surface area contributed by atoms with Crippen LogP contribution >= 0.6 is 0 Å². The molecule has 3 N–H and O–H groups in total. The molecule has 0 spiro atoms. The second-order valence-corrected chi connectivity index (χ2v) is 5.36. The van der Waals surface area contributed by atoms with E-state index in [1.807, 2.05) is 32.2 Å². The van der Waals surface area contributed by atoms with Crippen LogP contribution in [0.1, 0.15) is 23.6 Å². The number of hydrogen-bond donors (Lipinski definition) is 3. The zero-order valence-electron chi connectivity index (χ0n) is 12.1. The van der Waals surface area contributed by atoms with Crippen molar-refractivity contribution in [3.63, 3.8) is 0 Å². The lowest BCUT2D eigenvalue weighted by Gasteiger charge is -2.22. The summed E-state index contributed by atoms with van der Waals surface area (Å²) in [6, 6.07) is 5.64. The van der Waals surface area contributed by atoms with Crippen molar-refractivity contribution in [1.29, 1.82) is 0 Å². The minimum atomic E-state index is -0.992. The molecule has 5 nitrogen and oxygen atoms in total. The molecule has 1 heterocycles. The molecule has 0 amide bonds.